The molecule has 29 heavy (non-hydrogen) atoms. The van der Waals surface area contributed by atoms with Gasteiger partial charge in [0.05, 0.1) is 0 Å². The maximum atomic E-state index is 13.1. The van der Waals surface area contributed by atoms with Crippen molar-refractivity contribution >= 4 is 29.2 Å². The number of likely N-dealkylation sites (N-methyl/N-ethyl adjacent to an activating group) is 2. The van der Waals surface area contributed by atoms with E-state index >= 15 is 0 Å². The summed E-state index contributed by atoms with van der Waals surface area (Å²) in [5, 5.41) is 2.80. The van der Waals surface area contributed by atoms with Crippen LogP contribution in [-0.4, -0.2) is 46.7 Å². The van der Waals surface area contributed by atoms with E-state index in [1.165, 1.54) is 4.90 Å². The number of nitrogens with zero attached hydrogens (tertiary/aromatic N) is 3. The van der Waals surface area contributed by atoms with E-state index in [1.807, 2.05) is 60.0 Å². The highest BCUT2D eigenvalue weighted by molar-refractivity contribution is 7.13. The highest BCUT2D eigenvalue weighted by atomic mass is 32.1. The smallest absolute Gasteiger partial charge is 0.271 e. The number of carbonyl (C=O) groups excluding carboxylic acids is 2. The summed E-state index contributed by atoms with van der Waals surface area (Å²) in [5.41, 5.74) is 3.20. The summed E-state index contributed by atoms with van der Waals surface area (Å²) in [6.45, 7) is 0. The number of hydrogen-bond donors (Lipinski definition) is 0. The van der Waals surface area contributed by atoms with Gasteiger partial charge in [0.15, 0.2) is 0 Å². The van der Waals surface area contributed by atoms with E-state index in [9.17, 15) is 9.59 Å². The zero-order valence-corrected chi connectivity index (χ0v) is 17.1. The Balaban J connectivity index is 1.67. The molecule has 2 amide bonds. The average Bonchev–Trinajstić information content (AvgIpc) is 3.29. The first kappa shape index (κ1) is 19.1. The molecule has 1 aromatic heterocycles. The first-order chi connectivity index (χ1) is 14.1. The maximum Gasteiger partial charge on any atom is 0.271 e. The summed E-state index contributed by atoms with van der Waals surface area (Å²) in [7, 11) is 3.37. The molecule has 4 rings (SSSR count). The lowest BCUT2D eigenvalue weighted by Gasteiger charge is -2.38. The quantitative estimate of drug-likeness (QED) is 0.625. The first-order valence-electron chi connectivity index (χ1n) is 9.35. The van der Waals surface area contributed by atoms with Crippen molar-refractivity contribution in [1.82, 2.24) is 14.8 Å². The van der Waals surface area contributed by atoms with Crippen LogP contribution in [0.3, 0.4) is 0 Å². The SMILES string of the molecule is CN1C(=O)C(Cc2ccccc2)N(C)C(=O)C1=Cc1ccccc1-c1nccs1. The fraction of sp³-hybridized carbons (Fsp3) is 0.174. The molecule has 1 saturated heterocycles. The number of rotatable bonds is 4. The van der Waals surface area contributed by atoms with E-state index in [-0.39, 0.29) is 11.8 Å². The fourth-order valence-corrected chi connectivity index (χ4v) is 4.20. The van der Waals surface area contributed by atoms with Crippen molar-refractivity contribution in [2.45, 2.75) is 12.5 Å². The number of hydrogen-bond acceptors (Lipinski definition) is 4. The van der Waals surface area contributed by atoms with Crippen LogP contribution in [0.4, 0.5) is 0 Å². The third-order valence-electron chi connectivity index (χ3n) is 5.17. The molecule has 1 fully saturated rings. The molecular formula is C23H21N3O2S. The summed E-state index contributed by atoms with van der Waals surface area (Å²) in [6, 6.07) is 17.0. The normalized spacial score (nSPS) is 18.6. The molecule has 2 heterocycles. The summed E-state index contributed by atoms with van der Waals surface area (Å²) >= 11 is 1.54. The Morgan fingerprint density at radius 3 is 2.48 bits per heavy atom. The minimum absolute atomic E-state index is 0.0890. The lowest BCUT2D eigenvalue weighted by Crippen LogP contribution is -2.56. The van der Waals surface area contributed by atoms with Crippen LogP contribution >= 0.6 is 11.3 Å². The molecule has 146 valence electrons. The van der Waals surface area contributed by atoms with Gasteiger partial charge in [-0.2, -0.15) is 0 Å². The molecule has 0 aliphatic carbocycles. The van der Waals surface area contributed by atoms with Gasteiger partial charge in [-0.1, -0.05) is 54.6 Å². The molecule has 1 atom stereocenters. The average molecular weight is 404 g/mol. The van der Waals surface area contributed by atoms with E-state index in [0.29, 0.717) is 12.1 Å². The van der Waals surface area contributed by atoms with Crippen LogP contribution in [0.15, 0.2) is 71.9 Å². The van der Waals surface area contributed by atoms with E-state index in [2.05, 4.69) is 4.98 Å². The summed E-state index contributed by atoms with van der Waals surface area (Å²) in [4.78, 5) is 33.6. The largest absolute Gasteiger partial charge is 0.328 e. The number of piperazine rings is 1. The molecule has 0 radical (unpaired) electrons. The predicted octanol–water partition coefficient (Wildman–Crippen LogP) is 3.69. The number of amides is 2. The van der Waals surface area contributed by atoms with Gasteiger partial charge in [0.1, 0.15) is 16.7 Å². The topological polar surface area (TPSA) is 53.5 Å². The Kier molecular flexibility index (Phi) is 5.27. The van der Waals surface area contributed by atoms with Crippen molar-refractivity contribution in [2.24, 2.45) is 0 Å². The predicted molar refractivity (Wildman–Crippen MR) is 115 cm³/mol. The molecule has 6 heteroatoms. The first-order valence-corrected chi connectivity index (χ1v) is 10.2. The summed E-state index contributed by atoms with van der Waals surface area (Å²) in [5.74, 6) is -0.254. The van der Waals surface area contributed by atoms with Gasteiger partial charge in [0.2, 0.25) is 5.91 Å². The van der Waals surface area contributed by atoms with Gasteiger partial charge in [-0.3, -0.25) is 9.59 Å². The second-order valence-electron chi connectivity index (χ2n) is 6.97. The van der Waals surface area contributed by atoms with Crippen molar-refractivity contribution in [3.8, 4) is 10.6 Å². The van der Waals surface area contributed by atoms with Gasteiger partial charge in [-0.15, -0.1) is 11.3 Å². The summed E-state index contributed by atoms with van der Waals surface area (Å²) in [6.07, 6.45) is 4.04. The Morgan fingerprint density at radius 2 is 1.76 bits per heavy atom. The molecule has 1 aliphatic rings. The zero-order chi connectivity index (χ0) is 20.4. The second-order valence-corrected chi connectivity index (χ2v) is 7.87. The Hall–Kier alpha value is -3.25. The van der Waals surface area contributed by atoms with E-state index in [1.54, 1.807) is 42.6 Å². The maximum absolute atomic E-state index is 13.1. The minimum atomic E-state index is -0.513. The van der Waals surface area contributed by atoms with Gasteiger partial charge in [-0.05, 0) is 17.2 Å². The van der Waals surface area contributed by atoms with E-state index < -0.39 is 6.04 Å². The van der Waals surface area contributed by atoms with Gasteiger partial charge in [0.25, 0.3) is 5.91 Å². The van der Waals surface area contributed by atoms with Crippen LogP contribution < -0.4 is 0 Å². The third-order valence-corrected chi connectivity index (χ3v) is 5.98. The van der Waals surface area contributed by atoms with E-state index in [4.69, 9.17) is 0 Å². The van der Waals surface area contributed by atoms with Crippen LogP contribution in [0.1, 0.15) is 11.1 Å². The van der Waals surface area contributed by atoms with Gasteiger partial charge in [0, 0.05) is 37.7 Å². The lowest BCUT2D eigenvalue weighted by molar-refractivity contribution is -0.148. The molecule has 0 saturated carbocycles. The van der Waals surface area contributed by atoms with Crippen LogP contribution in [0.2, 0.25) is 0 Å². The zero-order valence-electron chi connectivity index (χ0n) is 16.3. The molecule has 0 bridgehead atoms. The molecule has 1 aliphatic heterocycles. The Bertz CT molecular complexity index is 1060. The lowest BCUT2D eigenvalue weighted by atomic mass is 9.99. The standard InChI is InChI=1S/C23H21N3O2S/c1-25-19(14-16-8-4-3-5-9-16)22(27)26(2)20(23(25)28)15-17-10-6-7-11-18(17)21-24-12-13-29-21/h3-13,15,19H,14H2,1-2H3. The minimum Gasteiger partial charge on any atom is -0.328 e. The van der Waals surface area contributed by atoms with Crippen LogP contribution in [0.25, 0.3) is 16.6 Å². The molecule has 5 nitrogen and oxygen atoms in total. The Labute approximate surface area is 173 Å². The van der Waals surface area contributed by atoms with Crippen molar-refractivity contribution in [3.63, 3.8) is 0 Å². The van der Waals surface area contributed by atoms with Gasteiger partial charge >= 0.3 is 0 Å². The fourth-order valence-electron chi connectivity index (χ4n) is 3.52. The number of benzene rings is 2. The monoisotopic (exact) mass is 403 g/mol. The van der Waals surface area contributed by atoms with Crippen molar-refractivity contribution in [1.29, 1.82) is 0 Å². The molecule has 0 spiro atoms. The van der Waals surface area contributed by atoms with Gasteiger partial charge in [-0.25, -0.2) is 4.98 Å². The van der Waals surface area contributed by atoms with Crippen molar-refractivity contribution < 1.29 is 9.59 Å². The van der Waals surface area contributed by atoms with E-state index in [0.717, 1.165) is 21.7 Å². The van der Waals surface area contributed by atoms with Crippen LogP contribution in [0.5, 0.6) is 0 Å². The number of carbonyl (C=O) groups is 2. The molecular weight excluding hydrogens is 382 g/mol. The van der Waals surface area contributed by atoms with Crippen molar-refractivity contribution in [3.05, 3.63) is 83.0 Å². The highest BCUT2D eigenvalue weighted by Crippen LogP contribution is 2.29. The van der Waals surface area contributed by atoms with Crippen LogP contribution in [0, 0.1) is 0 Å². The highest BCUT2D eigenvalue weighted by Gasteiger charge is 2.39. The van der Waals surface area contributed by atoms with Crippen molar-refractivity contribution in [2.75, 3.05) is 14.1 Å². The molecule has 1 unspecified atom stereocenters. The Morgan fingerprint density at radius 1 is 1.03 bits per heavy atom. The van der Waals surface area contributed by atoms with Gasteiger partial charge < -0.3 is 9.80 Å². The molecule has 3 aromatic rings. The summed E-state index contributed by atoms with van der Waals surface area (Å²) < 4.78 is 0. The number of aromatic nitrogens is 1. The number of thiazole rings is 1. The third kappa shape index (κ3) is 3.71. The molecule has 2 aromatic carbocycles. The second kappa shape index (κ2) is 8.01. The molecule has 0 N–H and O–H groups in total. The van der Waals surface area contributed by atoms with Crippen LogP contribution in [-0.2, 0) is 16.0 Å².